The number of nitrogens with one attached hydrogen (secondary N) is 1. The number of pyridine rings is 1. The molecule has 0 saturated heterocycles. The maximum absolute atomic E-state index is 13.6. The van der Waals surface area contributed by atoms with E-state index in [4.69, 9.17) is 0 Å². The van der Waals surface area contributed by atoms with Crippen molar-refractivity contribution in [3.63, 3.8) is 0 Å². The summed E-state index contributed by atoms with van der Waals surface area (Å²) in [7, 11) is 3.68. The fraction of sp³-hybridized carbons (Fsp3) is 0.143. The van der Waals surface area contributed by atoms with Crippen LogP contribution in [0.1, 0.15) is 10.5 Å². The van der Waals surface area contributed by atoms with Gasteiger partial charge in [0.25, 0.3) is 5.91 Å². The highest BCUT2D eigenvalue weighted by atomic mass is 19.1. The number of phenolic OH excluding ortho intramolecular Hbond substituents is 1. The van der Waals surface area contributed by atoms with E-state index in [1.165, 1.54) is 24.4 Å². The van der Waals surface area contributed by atoms with E-state index in [1.807, 2.05) is 19.0 Å². The molecular formula is C14H14FN3O2. The fourth-order valence-corrected chi connectivity index (χ4v) is 1.62. The molecule has 0 fully saturated rings. The van der Waals surface area contributed by atoms with Crippen LogP contribution in [0.25, 0.3) is 0 Å². The van der Waals surface area contributed by atoms with Gasteiger partial charge in [-0.25, -0.2) is 4.39 Å². The number of halogens is 1. The predicted molar refractivity (Wildman–Crippen MR) is 74.6 cm³/mol. The molecule has 2 N–H and O–H groups in total. The lowest BCUT2D eigenvalue weighted by Gasteiger charge is -2.13. The Bertz CT molecular complexity index is 644. The van der Waals surface area contributed by atoms with Crippen LogP contribution < -0.4 is 10.2 Å². The Morgan fingerprint density at radius 1 is 1.35 bits per heavy atom. The largest absolute Gasteiger partial charge is 0.505 e. The van der Waals surface area contributed by atoms with Crippen LogP contribution in [0.3, 0.4) is 0 Å². The van der Waals surface area contributed by atoms with E-state index in [1.54, 1.807) is 12.1 Å². The van der Waals surface area contributed by atoms with E-state index in [0.29, 0.717) is 0 Å². The van der Waals surface area contributed by atoms with Crippen molar-refractivity contribution in [2.75, 3.05) is 24.3 Å². The van der Waals surface area contributed by atoms with Gasteiger partial charge in [-0.1, -0.05) is 6.07 Å². The van der Waals surface area contributed by atoms with Gasteiger partial charge in [-0.15, -0.1) is 0 Å². The Balaban J connectivity index is 2.24. The summed E-state index contributed by atoms with van der Waals surface area (Å²) in [5.41, 5.74) is 0.882. The molecule has 0 radical (unpaired) electrons. The Labute approximate surface area is 115 Å². The molecule has 2 rings (SSSR count). The number of benzene rings is 1. The highest BCUT2D eigenvalue weighted by molar-refractivity contribution is 6.03. The molecule has 0 aliphatic carbocycles. The van der Waals surface area contributed by atoms with Crippen LogP contribution in [0.15, 0.2) is 36.5 Å². The first-order chi connectivity index (χ1) is 9.49. The number of hydrogen-bond donors (Lipinski definition) is 2. The van der Waals surface area contributed by atoms with Crippen LogP contribution in [0, 0.1) is 5.82 Å². The second-order valence-corrected chi connectivity index (χ2v) is 4.39. The van der Waals surface area contributed by atoms with Gasteiger partial charge < -0.3 is 15.3 Å². The molecule has 0 bridgehead atoms. The van der Waals surface area contributed by atoms with E-state index in [9.17, 15) is 14.3 Å². The summed E-state index contributed by atoms with van der Waals surface area (Å²) in [5, 5.41) is 11.6. The monoisotopic (exact) mass is 275 g/mol. The van der Waals surface area contributed by atoms with Gasteiger partial charge in [0.05, 0.1) is 5.69 Å². The number of hydrogen-bond acceptors (Lipinski definition) is 4. The number of carbonyl (C=O) groups is 1. The molecule has 104 valence electrons. The van der Waals surface area contributed by atoms with Crippen LogP contribution in [-0.2, 0) is 0 Å². The molecule has 0 saturated carbocycles. The van der Waals surface area contributed by atoms with E-state index in [0.717, 1.165) is 5.69 Å². The molecule has 1 aromatic heterocycles. The number of carbonyl (C=O) groups excluding carboxylic acids is 1. The summed E-state index contributed by atoms with van der Waals surface area (Å²) in [4.78, 5) is 17.8. The van der Waals surface area contributed by atoms with E-state index in [2.05, 4.69) is 10.3 Å². The number of anilines is 2. The molecule has 1 aromatic carbocycles. The van der Waals surface area contributed by atoms with Crippen molar-refractivity contribution in [1.82, 2.24) is 4.98 Å². The van der Waals surface area contributed by atoms with E-state index < -0.39 is 17.5 Å². The third-order valence-electron chi connectivity index (χ3n) is 2.72. The topological polar surface area (TPSA) is 65.5 Å². The third kappa shape index (κ3) is 2.85. The SMILES string of the molecule is CN(C)c1ccnc(C(=O)Nc2cccc(O)c2F)c1. The first-order valence-electron chi connectivity index (χ1n) is 5.91. The van der Waals surface area contributed by atoms with Crippen LogP contribution in [0.5, 0.6) is 5.75 Å². The lowest BCUT2D eigenvalue weighted by Crippen LogP contribution is -2.16. The molecule has 0 atom stereocenters. The molecular weight excluding hydrogens is 261 g/mol. The minimum atomic E-state index is -0.871. The summed E-state index contributed by atoms with van der Waals surface area (Å²) in [6, 6.07) is 7.36. The number of aromatic nitrogens is 1. The van der Waals surface area contributed by atoms with Gasteiger partial charge in [0.2, 0.25) is 0 Å². The highest BCUT2D eigenvalue weighted by Crippen LogP contribution is 2.23. The molecule has 5 nitrogen and oxygen atoms in total. The van der Waals surface area contributed by atoms with Gasteiger partial charge in [0.15, 0.2) is 11.6 Å². The molecule has 6 heteroatoms. The average molecular weight is 275 g/mol. The van der Waals surface area contributed by atoms with Crippen molar-refractivity contribution < 1.29 is 14.3 Å². The van der Waals surface area contributed by atoms with Crippen molar-refractivity contribution >= 4 is 17.3 Å². The lowest BCUT2D eigenvalue weighted by atomic mass is 10.2. The quantitative estimate of drug-likeness (QED) is 0.901. The van der Waals surface area contributed by atoms with Crippen molar-refractivity contribution in [3.8, 4) is 5.75 Å². The van der Waals surface area contributed by atoms with Gasteiger partial charge in [-0.2, -0.15) is 0 Å². The smallest absolute Gasteiger partial charge is 0.274 e. The molecule has 0 aliphatic heterocycles. The summed E-state index contributed by atoms with van der Waals surface area (Å²) >= 11 is 0. The van der Waals surface area contributed by atoms with Gasteiger partial charge in [0, 0.05) is 26.0 Å². The number of phenols is 1. The van der Waals surface area contributed by atoms with E-state index >= 15 is 0 Å². The van der Waals surface area contributed by atoms with E-state index in [-0.39, 0.29) is 11.4 Å². The normalized spacial score (nSPS) is 10.2. The first-order valence-corrected chi connectivity index (χ1v) is 5.91. The lowest BCUT2D eigenvalue weighted by molar-refractivity contribution is 0.102. The van der Waals surface area contributed by atoms with Crippen molar-refractivity contribution in [3.05, 3.63) is 48.0 Å². The van der Waals surface area contributed by atoms with Crippen molar-refractivity contribution in [1.29, 1.82) is 0 Å². The Kier molecular flexibility index (Phi) is 3.84. The Morgan fingerprint density at radius 2 is 2.10 bits per heavy atom. The van der Waals surface area contributed by atoms with Crippen LogP contribution in [-0.4, -0.2) is 30.1 Å². The number of amides is 1. The summed E-state index contributed by atoms with van der Waals surface area (Å²) in [5.74, 6) is -1.93. The number of rotatable bonds is 3. The van der Waals surface area contributed by atoms with Gasteiger partial charge in [0.1, 0.15) is 5.69 Å². The van der Waals surface area contributed by atoms with Crippen LogP contribution >= 0.6 is 0 Å². The first kappa shape index (κ1) is 13.8. The standard InChI is InChI=1S/C14H14FN3O2/c1-18(2)9-6-7-16-11(8-9)14(20)17-10-4-3-5-12(19)13(10)15/h3-8,19H,1-2H3,(H,17,20). The molecule has 20 heavy (non-hydrogen) atoms. The minimum Gasteiger partial charge on any atom is -0.505 e. The van der Waals surface area contributed by atoms with Crippen LogP contribution in [0.4, 0.5) is 15.8 Å². The molecule has 0 unspecified atom stereocenters. The Morgan fingerprint density at radius 3 is 2.80 bits per heavy atom. The number of nitrogens with zero attached hydrogens (tertiary/aromatic N) is 2. The highest BCUT2D eigenvalue weighted by Gasteiger charge is 2.13. The molecule has 2 aromatic rings. The predicted octanol–water partition coefficient (Wildman–Crippen LogP) is 2.24. The molecule has 0 aliphatic rings. The Hall–Kier alpha value is -2.63. The molecule has 1 amide bonds. The summed E-state index contributed by atoms with van der Waals surface area (Å²) in [6.45, 7) is 0. The van der Waals surface area contributed by atoms with Gasteiger partial charge in [-0.05, 0) is 24.3 Å². The molecule has 1 heterocycles. The summed E-state index contributed by atoms with van der Waals surface area (Å²) < 4.78 is 13.6. The fourth-order valence-electron chi connectivity index (χ4n) is 1.62. The zero-order valence-corrected chi connectivity index (χ0v) is 11.1. The second kappa shape index (κ2) is 5.56. The third-order valence-corrected chi connectivity index (χ3v) is 2.72. The van der Waals surface area contributed by atoms with Gasteiger partial charge >= 0.3 is 0 Å². The average Bonchev–Trinajstić information content (AvgIpc) is 2.44. The maximum Gasteiger partial charge on any atom is 0.274 e. The number of aromatic hydroxyl groups is 1. The summed E-state index contributed by atoms with van der Waals surface area (Å²) in [6.07, 6.45) is 1.50. The van der Waals surface area contributed by atoms with Gasteiger partial charge in [-0.3, -0.25) is 9.78 Å². The second-order valence-electron chi connectivity index (χ2n) is 4.39. The maximum atomic E-state index is 13.6. The van der Waals surface area contributed by atoms with Crippen molar-refractivity contribution in [2.24, 2.45) is 0 Å². The zero-order chi connectivity index (χ0) is 14.7. The molecule has 0 spiro atoms. The van der Waals surface area contributed by atoms with Crippen LogP contribution in [0.2, 0.25) is 0 Å². The zero-order valence-electron chi connectivity index (χ0n) is 11.1. The minimum absolute atomic E-state index is 0.0907. The van der Waals surface area contributed by atoms with Crippen molar-refractivity contribution in [2.45, 2.75) is 0 Å².